The molecular weight excluding hydrogens is 202 g/mol. The van der Waals surface area contributed by atoms with Crippen molar-refractivity contribution >= 4 is 11.6 Å². The van der Waals surface area contributed by atoms with E-state index in [-0.39, 0.29) is 11.9 Å². The Balaban J connectivity index is 2.35. The van der Waals surface area contributed by atoms with Gasteiger partial charge in [-0.1, -0.05) is 12.1 Å². The lowest BCUT2D eigenvalue weighted by Gasteiger charge is -2.09. The van der Waals surface area contributed by atoms with Gasteiger partial charge in [-0.05, 0) is 24.6 Å². The van der Waals surface area contributed by atoms with Gasteiger partial charge in [0.15, 0.2) is 0 Å². The second kappa shape index (κ2) is 6.12. The number of hydrogen-bond donors (Lipinski definition) is 3. The molecule has 0 aliphatic heterocycles. The van der Waals surface area contributed by atoms with Crippen LogP contribution < -0.4 is 16.4 Å². The molecule has 0 radical (unpaired) electrons. The van der Waals surface area contributed by atoms with Gasteiger partial charge in [0, 0.05) is 31.7 Å². The largest absolute Gasteiger partial charge is 0.383 e. The topological polar surface area (TPSA) is 67.2 Å². The molecule has 1 atom stereocenters. The Labute approximate surface area is 96.2 Å². The van der Waals surface area contributed by atoms with Gasteiger partial charge in [0.25, 0.3) is 0 Å². The summed E-state index contributed by atoms with van der Waals surface area (Å²) in [5, 5.41) is 5.93. The van der Waals surface area contributed by atoms with Crippen molar-refractivity contribution in [2.24, 2.45) is 5.73 Å². The van der Waals surface area contributed by atoms with Crippen LogP contribution in [0.5, 0.6) is 0 Å². The van der Waals surface area contributed by atoms with Crippen LogP contribution >= 0.6 is 0 Å². The molecule has 16 heavy (non-hydrogen) atoms. The van der Waals surface area contributed by atoms with Gasteiger partial charge in [-0.25, -0.2) is 0 Å². The highest BCUT2D eigenvalue weighted by Gasteiger charge is 1.98. The Kier molecular flexibility index (Phi) is 4.79. The number of nitrogens with two attached hydrogens (primary N) is 1. The van der Waals surface area contributed by atoms with Crippen molar-refractivity contribution in [2.45, 2.75) is 19.9 Å². The lowest BCUT2D eigenvalue weighted by atomic mass is 10.1. The molecule has 0 spiro atoms. The van der Waals surface area contributed by atoms with Gasteiger partial charge < -0.3 is 16.4 Å². The first-order valence-electron chi connectivity index (χ1n) is 5.43. The third-order valence-electron chi connectivity index (χ3n) is 2.26. The standard InChI is InChI=1S/C12H19N3O/c1-9(13)11-3-5-12(6-4-11)15-8-7-14-10(2)16/h3-6,9,15H,7-8,13H2,1-2H3,(H,14,16). The van der Waals surface area contributed by atoms with Crippen LogP contribution in [0.4, 0.5) is 5.69 Å². The van der Waals surface area contributed by atoms with Crippen LogP contribution in [-0.2, 0) is 4.79 Å². The Bertz CT molecular complexity index is 333. The Morgan fingerprint density at radius 2 is 1.94 bits per heavy atom. The van der Waals surface area contributed by atoms with Gasteiger partial charge in [0.05, 0.1) is 0 Å². The molecule has 0 bridgehead atoms. The van der Waals surface area contributed by atoms with E-state index in [0.29, 0.717) is 6.54 Å². The summed E-state index contributed by atoms with van der Waals surface area (Å²) >= 11 is 0. The van der Waals surface area contributed by atoms with Gasteiger partial charge in [0.2, 0.25) is 5.91 Å². The van der Waals surface area contributed by atoms with Crippen molar-refractivity contribution in [3.05, 3.63) is 29.8 Å². The highest BCUT2D eigenvalue weighted by atomic mass is 16.1. The van der Waals surface area contributed by atoms with Crippen LogP contribution in [0, 0.1) is 0 Å². The first-order chi connectivity index (χ1) is 7.59. The zero-order chi connectivity index (χ0) is 12.0. The average Bonchev–Trinajstić information content (AvgIpc) is 2.25. The molecule has 1 amide bonds. The van der Waals surface area contributed by atoms with E-state index in [1.165, 1.54) is 6.92 Å². The number of amides is 1. The van der Waals surface area contributed by atoms with E-state index in [2.05, 4.69) is 10.6 Å². The number of benzene rings is 1. The molecule has 1 rings (SSSR count). The fourth-order valence-electron chi connectivity index (χ4n) is 1.35. The van der Waals surface area contributed by atoms with Crippen LogP contribution in [0.3, 0.4) is 0 Å². The van der Waals surface area contributed by atoms with E-state index in [1.807, 2.05) is 31.2 Å². The molecule has 1 unspecified atom stereocenters. The van der Waals surface area contributed by atoms with E-state index < -0.39 is 0 Å². The summed E-state index contributed by atoms with van der Waals surface area (Å²) in [4.78, 5) is 10.6. The minimum Gasteiger partial charge on any atom is -0.383 e. The zero-order valence-electron chi connectivity index (χ0n) is 9.79. The maximum absolute atomic E-state index is 10.6. The van der Waals surface area contributed by atoms with Crippen LogP contribution in [0.15, 0.2) is 24.3 Å². The summed E-state index contributed by atoms with van der Waals surface area (Å²) in [5.74, 6) is -0.00546. The van der Waals surface area contributed by atoms with E-state index in [4.69, 9.17) is 5.73 Å². The fraction of sp³-hybridized carbons (Fsp3) is 0.417. The van der Waals surface area contributed by atoms with E-state index in [0.717, 1.165) is 17.8 Å². The molecule has 0 saturated carbocycles. The van der Waals surface area contributed by atoms with Gasteiger partial charge in [-0.3, -0.25) is 4.79 Å². The predicted molar refractivity (Wildman–Crippen MR) is 66.2 cm³/mol. The second-order valence-electron chi connectivity index (χ2n) is 3.82. The lowest BCUT2D eigenvalue weighted by molar-refractivity contribution is -0.118. The number of nitrogens with one attached hydrogen (secondary N) is 2. The number of carbonyl (C=O) groups excluding carboxylic acids is 1. The van der Waals surface area contributed by atoms with Crippen LogP contribution in [0.2, 0.25) is 0 Å². The van der Waals surface area contributed by atoms with Crippen molar-refractivity contribution in [3.63, 3.8) is 0 Å². The van der Waals surface area contributed by atoms with Crippen molar-refractivity contribution < 1.29 is 4.79 Å². The summed E-state index contributed by atoms with van der Waals surface area (Å²) in [7, 11) is 0. The van der Waals surface area contributed by atoms with Gasteiger partial charge >= 0.3 is 0 Å². The number of carbonyl (C=O) groups is 1. The van der Waals surface area contributed by atoms with E-state index >= 15 is 0 Å². The molecule has 4 nitrogen and oxygen atoms in total. The molecule has 1 aromatic carbocycles. The Hall–Kier alpha value is -1.55. The summed E-state index contributed by atoms with van der Waals surface area (Å²) in [6, 6.07) is 8.06. The van der Waals surface area contributed by atoms with E-state index in [9.17, 15) is 4.79 Å². The van der Waals surface area contributed by atoms with Crippen molar-refractivity contribution in [1.82, 2.24) is 5.32 Å². The van der Waals surface area contributed by atoms with Crippen molar-refractivity contribution in [3.8, 4) is 0 Å². The molecule has 0 saturated heterocycles. The fourth-order valence-corrected chi connectivity index (χ4v) is 1.35. The van der Waals surface area contributed by atoms with E-state index in [1.54, 1.807) is 0 Å². The SMILES string of the molecule is CC(=O)NCCNc1ccc(C(C)N)cc1. The Morgan fingerprint density at radius 1 is 1.31 bits per heavy atom. The molecular formula is C12H19N3O. The first-order valence-corrected chi connectivity index (χ1v) is 5.43. The quantitative estimate of drug-likeness (QED) is 0.656. The highest BCUT2D eigenvalue weighted by molar-refractivity contribution is 5.72. The number of rotatable bonds is 5. The van der Waals surface area contributed by atoms with Crippen molar-refractivity contribution in [1.29, 1.82) is 0 Å². The normalized spacial score (nSPS) is 11.9. The average molecular weight is 221 g/mol. The minimum atomic E-state index is -0.00546. The van der Waals surface area contributed by atoms with Gasteiger partial charge in [0.1, 0.15) is 0 Å². The summed E-state index contributed by atoms with van der Waals surface area (Å²) in [6.07, 6.45) is 0. The van der Waals surface area contributed by atoms with Crippen LogP contribution in [0.1, 0.15) is 25.5 Å². The van der Waals surface area contributed by atoms with Crippen molar-refractivity contribution in [2.75, 3.05) is 18.4 Å². The predicted octanol–water partition coefficient (Wildman–Crippen LogP) is 1.25. The molecule has 4 heteroatoms. The summed E-state index contributed by atoms with van der Waals surface area (Å²) < 4.78 is 0. The molecule has 1 aromatic rings. The maximum atomic E-state index is 10.6. The molecule has 88 valence electrons. The summed E-state index contributed by atoms with van der Waals surface area (Å²) in [6.45, 7) is 4.82. The van der Waals surface area contributed by atoms with Crippen LogP contribution in [0.25, 0.3) is 0 Å². The first kappa shape index (κ1) is 12.5. The highest BCUT2D eigenvalue weighted by Crippen LogP contribution is 2.13. The third kappa shape index (κ3) is 4.31. The molecule has 4 N–H and O–H groups in total. The lowest BCUT2D eigenvalue weighted by Crippen LogP contribution is -2.26. The van der Waals surface area contributed by atoms with Gasteiger partial charge in [-0.15, -0.1) is 0 Å². The number of hydrogen-bond acceptors (Lipinski definition) is 3. The maximum Gasteiger partial charge on any atom is 0.216 e. The van der Waals surface area contributed by atoms with Crippen LogP contribution in [-0.4, -0.2) is 19.0 Å². The summed E-state index contributed by atoms with van der Waals surface area (Å²) in [5.41, 5.74) is 7.91. The molecule has 0 aliphatic carbocycles. The monoisotopic (exact) mass is 221 g/mol. The molecule has 0 aromatic heterocycles. The second-order valence-corrected chi connectivity index (χ2v) is 3.82. The van der Waals surface area contributed by atoms with Gasteiger partial charge in [-0.2, -0.15) is 0 Å². The number of anilines is 1. The molecule has 0 aliphatic rings. The minimum absolute atomic E-state index is 0.00546. The molecule has 0 fully saturated rings. The Morgan fingerprint density at radius 3 is 2.44 bits per heavy atom. The molecule has 0 heterocycles. The zero-order valence-corrected chi connectivity index (χ0v) is 9.79. The smallest absolute Gasteiger partial charge is 0.216 e. The third-order valence-corrected chi connectivity index (χ3v) is 2.26.